The highest BCUT2D eigenvalue weighted by atomic mass is 19.1. The second-order valence-corrected chi connectivity index (χ2v) is 7.54. The van der Waals surface area contributed by atoms with Gasteiger partial charge in [0.05, 0.1) is 23.1 Å². The fourth-order valence-electron chi connectivity index (χ4n) is 3.81. The number of benzene rings is 2. The van der Waals surface area contributed by atoms with Gasteiger partial charge in [-0.05, 0) is 68.3 Å². The number of carbonyl (C=O) groups is 1. The van der Waals surface area contributed by atoms with E-state index in [9.17, 15) is 9.18 Å². The molecule has 1 aromatic heterocycles. The Bertz CT molecular complexity index is 973. The number of rotatable bonds is 5. The molecule has 1 aliphatic rings. The number of hydrogen-bond acceptors (Lipinski definition) is 3. The lowest BCUT2D eigenvalue weighted by molar-refractivity contribution is 0.102. The van der Waals surface area contributed by atoms with Gasteiger partial charge in [-0.3, -0.25) is 4.79 Å². The Morgan fingerprint density at radius 3 is 2.34 bits per heavy atom. The minimum absolute atomic E-state index is 0.219. The van der Waals surface area contributed by atoms with E-state index in [1.807, 2.05) is 31.2 Å². The molecular weight excluding hydrogens is 367 g/mol. The number of carbonyl (C=O) groups excluding carboxylic acids is 1. The molecule has 0 spiro atoms. The van der Waals surface area contributed by atoms with Gasteiger partial charge in [-0.25, -0.2) is 9.07 Å². The smallest absolute Gasteiger partial charge is 0.259 e. The Morgan fingerprint density at radius 2 is 1.66 bits per heavy atom. The SMILES string of the molecule is Cc1c(C(=O)Nc2ccc(NC3CCCCC3)cc2)cnn1-c1ccc(F)cc1. The monoisotopic (exact) mass is 392 g/mol. The number of anilines is 2. The summed E-state index contributed by atoms with van der Waals surface area (Å²) in [6.07, 6.45) is 7.88. The lowest BCUT2D eigenvalue weighted by atomic mass is 9.95. The number of nitrogens with zero attached hydrogens (tertiary/aromatic N) is 2. The predicted octanol–water partition coefficient (Wildman–Crippen LogP) is 5.32. The summed E-state index contributed by atoms with van der Waals surface area (Å²) in [7, 11) is 0. The highest BCUT2D eigenvalue weighted by Gasteiger charge is 2.16. The summed E-state index contributed by atoms with van der Waals surface area (Å²) in [5.74, 6) is -0.526. The summed E-state index contributed by atoms with van der Waals surface area (Å²) >= 11 is 0. The number of nitrogens with one attached hydrogen (secondary N) is 2. The van der Waals surface area contributed by atoms with Crippen LogP contribution in [-0.4, -0.2) is 21.7 Å². The summed E-state index contributed by atoms with van der Waals surface area (Å²) in [5.41, 5.74) is 3.71. The molecule has 29 heavy (non-hydrogen) atoms. The maximum Gasteiger partial charge on any atom is 0.259 e. The maximum absolute atomic E-state index is 13.1. The van der Waals surface area contributed by atoms with E-state index >= 15 is 0 Å². The molecule has 1 amide bonds. The third kappa shape index (κ3) is 4.47. The van der Waals surface area contributed by atoms with E-state index in [-0.39, 0.29) is 11.7 Å². The van der Waals surface area contributed by atoms with Gasteiger partial charge in [0, 0.05) is 17.4 Å². The van der Waals surface area contributed by atoms with Crippen molar-refractivity contribution < 1.29 is 9.18 Å². The molecular formula is C23H25FN4O. The van der Waals surface area contributed by atoms with Crippen LogP contribution in [0.5, 0.6) is 0 Å². The molecule has 2 N–H and O–H groups in total. The van der Waals surface area contributed by atoms with Crippen LogP contribution in [0.1, 0.15) is 48.2 Å². The van der Waals surface area contributed by atoms with Gasteiger partial charge in [0.15, 0.2) is 0 Å². The third-order valence-electron chi connectivity index (χ3n) is 5.44. The minimum atomic E-state index is -0.307. The van der Waals surface area contributed by atoms with Crippen molar-refractivity contribution in [3.8, 4) is 5.69 Å². The molecule has 3 aromatic rings. The zero-order chi connectivity index (χ0) is 20.2. The van der Waals surface area contributed by atoms with Gasteiger partial charge < -0.3 is 10.6 Å². The zero-order valence-electron chi connectivity index (χ0n) is 16.5. The van der Waals surface area contributed by atoms with Gasteiger partial charge in [-0.15, -0.1) is 0 Å². The van der Waals surface area contributed by atoms with Crippen LogP contribution < -0.4 is 10.6 Å². The van der Waals surface area contributed by atoms with Crippen LogP contribution in [0.25, 0.3) is 5.69 Å². The van der Waals surface area contributed by atoms with Crippen LogP contribution in [0.4, 0.5) is 15.8 Å². The van der Waals surface area contributed by atoms with Crippen molar-refractivity contribution in [2.24, 2.45) is 0 Å². The van der Waals surface area contributed by atoms with Crippen LogP contribution in [0.2, 0.25) is 0 Å². The zero-order valence-corrected chi connectivity index (χ0v) is 16.5. The first-order valence-electron chi connectivity index (χ1n) is 10.1. The normalized spacial score (nSPS) is 14.6. The first kappa shape index (κ1) is 19.2. The van der Waals surface area contributed by atoms with Gasteiger partial charge in [-0.1, -0.05) is 19.3 Å². The first-order chi connectivity index (χ1) is 14.1. The third-order valence-corrected chi connectivity index (χ3v) is 5.44. The van der Waals surface area contributed by atoms with Gasteiger partial charge in [0.2, 0.25) is 0 Å². The Hall–Kier alpha value is -3.15. The van der Waals surface area contributed by atoms with Gasteiger partial charge >= 0.3 is 0 Å². The van der Waals surface area contributed by atoms with Crippen molar-refractivity contribution in [2.75, 3.05) is 10.6 Å². The van der Waals surface area contributed by atoms with Crippen LogP contribution in [0.3, 0.4) is 0 Å². The highest BCUT2D eigenvalue weighted by molar-refractivity contribution is 6.05. The summed E-state index contributed by atoms with van der Waals surface area (Å²) in [6.45, 7) is 1.82. The second-order valence-electron chi connectivity index (χ2n) is 7.54. The standard InChI is InChI=1S/C23H25FN4O/c1-16-22(15-25-28(16)21-13-7-17(24)8-14-21)23(29)27-20-11-9-19(10-12-20)26-18-5-3-2-4-6-18/h7-15,18,26H,2-6H2,1H3,(H,27,29). The second kappa shape index (κ2) is 8.47. The molecule has 2 aromatic carbocycles. The van der Waals surface area contributed by atoms with Crippen molar-refractivity contribution in [1.82, 2.24) is 9.78 Å². The van der Waals surface area contributed by atoms with Gasteiger partial charge in [0.25, 0.3) is 5.91 Å². The Labute approximate surface area is 169 Å². The Balaban J connectivity index is 1.42. The largest absolute Gasteiger partial charge is 0.382 e. The lowest BCUT2D eigenvalue weighted by Gasteiger charge is -2.23. The molecule has 0 bridgehead atoms. The lowest BCUT2D eigenvalue weighted by Crippen LogP contribution is -2.22. The number of hydrogen-bond donors (Lipinski definition) is 2. The molecule has 150 valence electrons. The molecule has 1 heterocycles. The average Bonchev–Trinajstić information content (AvgIpc) is 3.12. The van der Waals surface area contributed by atoms with E-state index in [4.69, 9.17) is 0 Å². The summed E-state index contributed by atoms with van der Waals surface area (Å²) in [4.78, 5) is 12.7. The van der Waals surface area contributed by atoms with Crippen molar-refractivity contribution in [2.45, 2.75) is 45.1 Å². The summed E-state index contributed by atoms with van der Waals surface area (Å²) < 4.78 is 14.8. The van der Waals surface area contributed by atoms with Crippen LogP contribution in [0, 0.1) is 12.7 Å². The molecule has 0 saturated heterocycles. The number of halogens is 1. The van der Waals surface area contributed by atoms with Crippen LogP contribution in [0.15, 0.2) is 54.7 Å². The summed E-state index contributed by atoms with van der Waals surface area (Å²) in [6, 6.07) is 14.4. The highest BCUT2D eigenvalue weighted by Crippen LogP contribution is 2.23. The van der Waals surface area contributed by atoms with Crippen molar-refractivity contribution in [3.63, 3.8) is 0 Å². The molecule has 1 aliphatic carbocycles. The molecule has 0 unspecified atom stereocenters. The molecule has 0 atom stereocenters. The van der Waals surface area contributed by atoms with Crippen LogP contribution in [-0.2, 0) is 0 Å². The molecule has 4 rings (SSSR count). The number of aromatic nitrogens is 2. The summed E-state index contributed by atoms with van der Waals surface area (Å²) in [5, 5.41) is 10.8. The van der Waals surface area contributed by atoms with Gasteiger partial charge in [-0.2, -0.15) is 5.10 Å². The Kier molecular flexibility index (Phi) is 5.60. The number of amides is 1. The topological polar surface area (TPSA) is 59.0 Å². The van der Waals surface area contributed by atoms with Crippen LogP contribution >= 0.6 is 0 Å². The Morgan fingerprint density at radius 1 is 1.00 bits per heavy atom. The van der Waals surface area contributed by atoms with E-state index in [0.717, 1.165) is 11.4 Å². The van der Waals surface area contributed by atoms with Crippen molar-refractivity contribution in [1.29, 1.82) is 0 Å². The van der Waals surface area contributed by atoms with E-state index < -0.39 is 0 Å². The quantitative estimate of drug-likeness (QED) is 0.618. The predicted molar refractivity (Wildman–Crippen MR) is 113 cm³/mol. The first-order valence-corrected chi connectivity index (χ1v) is 10.1. The van der Waals surface area contributed by atoms with Crippen molar-refractivity contribution in [3.05, 3.63) is 71.8 Å². The molecule has 6 heteroatoms. The molecule has 5 nitrogen and oxygen atoms in total. The molecule has 0 radical (unpaired) electrons. The maximum atomic E-state index is 13.1. The minimum Gasteiger partial charge on any atom is -0.382 e. The molecule has 1 fully saturated rings. The molecule has 0 aliphatic heterocycles. The molecule has 1 saturated carbocycles. The van der Waals surface area contributed by atoms with E-state index in [0.29, 0.717) is 23.0 Å². The van der Waals surface area contributed by atoms with E-state index in [1.165, 1.54) is 50.4 Å². The van der Waals surface area contributed by atoms with Gasteiger partial charge in [0.1, 0.15) is 5.82 Å². The van der Waals surface area contributed by atoms with E-state index in [2.05, 4.69) is 15.7 Å². The average molecular weight is 392 g/mol. The fraction of sp³-hybridized carbons (Fsp3) is 0.304. The van der Waals surface area contributed by atoms with E-state index in [1.54, 1.807) is 16.8 Å². The van der Waals surface area contributed by atoms with Crippen molar-refractivity contribution >= 4 is 17.3 Å². The fourth-order valence-corrected chi connectivity index (χ4v) is 3.81.